The van der Waals surface area contributed by atoms with Crippen LogP contribution in [-0.4, -0.2) is 41.4 Å². The minimum Gasteiger partial charge on any atom is -0.488 e. The molecule has 164 valence electrons. The van der Waals surface area contributed by atoms with Gasteiger partial charge in [-0.05, 0) is 44.0 Å². The van der Waals surface area contributed by atoms with Crippen molar-refractivity contribution in [3.05, 3.63) is 53.9 Å². The summed E-state index contributed by atoms with van der Waals surface area (Å²) < 4.78 is 60.2. The number of aliphatic hydroxyl groups is 1. The van der Waals surface area contributed by atoms with Gasteiger partial charge >= 0.3 is 0 Å². The first kappa shape index (κ1) is 23.6. The number of nitrogens with zero attached hydrogens (tertiary/aromatic N) is 1. The van der Waals surface area contributed by atoms with Gasteiger partial charge in [-0.3, -0.25) is 9.78 Å². The fraction of sp³-hybridized carbons (Fsp3) is 0.400. The van der Waals surface area contributed by atoms with Crippen molar-refractivity contribution in [2.24, 2.45) is 0 Å². The lowest BCUT2D eigenvalue weighted by molar-refractivity contribution is -0.126. The Morgan fingerprint density at radius 2 is 2.10 bits per heavy atom. The fourth-order valence-corrected chi connectivity index (χ4v) is 2.61. The summed E-state index contributed by atoms with van der Waals surface area (Å²) in [6.07, 6.45) is -0.353. The maximum Gasteiger partial charge on any atom is 0.280 e. The summed E-state index contributed by atoms with van der Waals surface area (Å²) in [5, 5.41) is 10.9. The molecule has 1 aliphatic heterocycles. The minimum absolute atomic E-state index is 0.0413. The van der Waals surface area contributed by atoms with Gasteiger partial charge in [0.15, 0.2) is 11.6 Å². The lowest BCUT2D eigenvalue weighted by Gasteiger charge is -2.12. The van der Waals surface area contributed by atoms with Crippen LogP contribution in [0.1, 0.15) is 31.9 Å². The van der Waals surface area contributed by atoms with Gasteiger partial charge in [0.2, 0.25) is 5.82 Å². The Morgan fingerprint density at radius 3 is 2.73 bits per heavy atom. The van der Waals surface area contributed by atoms with E-state index in [2.05, 4.69) is 10.3 Å². The molecule has 0 bridgehead atoms. The molecule has 1 fully saturated rings. The van der Waals surface area contributed by atoms with E-state index in [4.69, 9.17) is 14.6 Å². The van der Waals surface area contributed by atoms with Crippen molar-refractivity contribution in [2.45, 2.75) is 38.4 Å². The van der Waals surface area contributed by atoms with Crippen molar-refractivity contribution in [3.63, 3.8) is 0 Å². The Kier molecular flexibility index (Phi) is 9.00. The first-order chi connectivity index (χ1) is 14.3. The molecular weight excluding hydrogens is 408 g/mol. The molecule has 2 atom stereocenters. The molecule has 30 heavy (non-hydrogen) atoms. The number of hydrogen-bond acceptors (Lipinski definition) is 5. The summed E-state index contributed by atoms with van der Waals surface area (Å²) in [4.78, 5) is 15.3. The zero-order valence-electron chi connectivity index (χ0n) is 16.2. The van der Waals surface area contributed by atoms with E-state index in [1.807, 2.05) is 6.92 Å². The predicted octanol–water partition coefficient (Wildman–Crippen LogP) is 3.86. The van der Waals surface area contributed by atoms with Crippen LogP contribution in [0.4, 0.5) is 23.2 Å². The molecule has 3 rings (SSSR count). The van der Waals surface area contributed by atoms with E-state index in [0.29, 0.717) is 12.1 Å². The summed E-state index contributed by atoms with van der Waals surface area (Å²) in [6.45, 7) is 1.63. The van der Waals surface area contributed by atoms with Gasteiger partial charge in [0.05, 0.1) is 12.7 Å². The number of carbonyl (C=O) groups excluding carboxylic acids is 1. The third-order valence-electron chi connectivity index (χ3n) is 4.06. The highest BCUT2D eigenvalue weighted by Gasteiger charge is 2.28. The summed E-state index contributed by atoms with van der Waals surface area (Å²) in [5.74, 6) is -2.45. The fourth-order valence-electron chi connectivity index (χ4n) is 2.61. The summed E-state index contributed by atoms with van der Waals surface area (Å²) in [5.41, 5.74) is -0.0399. The Labute approximate surface area is 170 Å². The van der Waals surface area contributed by atoms with E-state index in [9.17, 15) is 22.4 Å². The summed E-state index contributed by atoms with van der Waals surface area (Å²) in [6, 6.07) is 6.28. The second-order valence-electron chi connectivity index (χ2n) is 6.40. The summed E-state index contributed by atoms with van der Waals surface area (Å²) in [7, 11) is 0. The molecule has 2 N–H and O–H groups in total. The van der Waals surface area contributed by atoms with Crippen LogP contribution >= 0.6 is 0 Å². The number of pyridine rings is 1. The zero-order valence-corrected chi connectivity index (χ0v) is 16.2. The van der Waals surface area contributed by atoms with E-state index in [1.165, 1.54) is 30.5 Å². The largest absolute Gasteiger partial charge is 0.488 e. The standard InChI is InChI=1S/C12H14F2N2O2.C8H8F2O2/c1-7-2-3-10(18-7)12(17)16-8-4-5-15-9(6-8)11(13)14;9-6-2-1-3-7(8(6)10)12-5-4-11/h4-7,10-11H,2-3H2,1H3,(H,15,16,17);1-3,11H,4-5H2. The first-order valence-corrected chi connectivity index (χ1v) is 9.20. The van der Waals surface area contributed by atoms with Gasteiger partial charge in [-0.25, -0.2) is 13.2 Å². The zero-order chi connectivity index (χ0) is 22.1. The molecule has 0 aliphatic carbocycles. The second-order valence-corrected chi connectivity index (χ2v) is 6.40. The Hall–Kier alpha value is -2.72. The van der Waals surface area contributed by atoms with Gasteiger partial charge in [0.1, 0.15) is 18.4 Å². The van der Waals surface area contributed by atoms with Crippen LogP contribution in [0.15, 0.2) is 36.5 Å². The molecule has 2 unspecified atom stereocenters. The van der Waals surface area contributed by atoms with Gasteiger partial charge in [-0.2, -0.15) is 4.39 Å². The van der Waals surface area contributed by atoms with Gasteiger partial charge < -0.3 is 19.9 Å². The number of anilines is 1. The molecule has 1 aliphatic rings. The Bertz CT molecular complexity index is 838. The molecule has 2 aromatic rings. The third kappa shape index (κ3) is 6.96. The normalized spacial score (nSPS) is 18.0. The maximum atomic E-state index is 12.7. The number of amides is 1. The number of ether oxygens (including phenoxy) is 2. The van der Waals surface area contributed by atoms with Crippen LogP contribution in [0.2, 0.25) is 0 Å². The van der Waals surface area contributed by atoms with E-state index in [-0.39, 0.29) is 36.7 Å². The third-order valence-corrected chi connectivity index (χ3v) is 4.06. The van der Waals surface area contributed by atoms with E-state index in [1.54, 1.807) is 0 Å². The molecule has 1 amide bonds. The number of benzene rings is 1. The highest BCUT2D eigenvalue weighted by atomic mass is 19.3. The van der Waals surface area contributed by atoms with E-state index in [0.717, 1.165) is 12.5 Å². The predicted molar refractivity (Wildman–Crippen MR) is 100 cm³/mol. The molecule has 0 radical (unpaired) electrons. The van der Waals surface area contributed by atoms with Crippen LogP contribution in [0.5, 0.6) is 5.75 Å². The van der Waals surface area contributed by atoms with Crippen molar-refractivity contribution in [3.8, 4) is 5.75 Å². The number of alkyl halides is 2. The molecule has 6 nitrogen and oxygen atoms in total. The van der Waals surface area contributed by atoms with Gasteiger partial charge in [0.25, 0.3) is 12.3 Å². The Balaban J connectivity index is 0.000000232. The van der Waals surface area contributed by atoms with Crippen molar-refractivity contribution in [1.82, 2.24) is 4.98 Å². The molecule has 1 aromatic heterocycles. The van der Waals surface area contributed by atoms with Crippen LogP contribution < -0.4 is 10.1 Å². The number of hydrogen-bond donors (Lipinski definition) is 2. The first-order valence-electron chi connectivity index (χ1n) is 9.20. The topological polar surface area (TPSA) is 80.7 Å². The molecule has 2 heterocycles. The monoisotopic (exact) mass is 430 g/mol. The highest BCUT2D eigenvalue weighted by Crippen LogP contribution is 2.22. The summed E-state index contributed by atoms with van der Waals surface area (Å²) >= 11 is 0. The van der Waals surface area contributed by atoms with Gasteiger partial charge in [-0.1, -0.05) is 6.07 Å². The molecule has 10 heteroatoms. The molecule has 1 saturated heterocycles. The maximum absolute atomic E-state index is 12.7. The highest BCUT2D eigenvalue weighted by molar-refractivity contribution is 5.94. The average Bonchev–Trinajstić information content (AvgIpc) is 3.16. The second kappa shape index (κ2) is 11.5. The van der Waals surface area contributed by atoms with Crippen molar-refractivity contribution >= 4 is 11.6 Å². The van der Waals surface area contributed by atoms with E-state index >= 15 is 0 Å². The number of halogens is 4. The number of nitrogens with one attached hydrogen (secondary N) is 1. The molecular formula is C20H22F4N2O4. The smallest absolute Gasteiger partial charge is 0.280 e. The Morgan fingerprint density at radius 1 is 1.33 bits per heavy atom. The van der Waals surface area contributed by atoms with Crippen LogP contribution in [0, 0.1) is 11.6 Å². The lowest BCUT2D eigenvalue weighted by Crippen LogP contribution is -2.27. The van der Waals surface area contributed by atoms with Crippen LogP contribution in [-0.2, 0) is 9.53 Å². The van der Waals surface area contributed by atoms with Crippen LogP contribution in [0.3, 0.4) is 0 Å². The quantitative estimate of drug-likeness (QED) is 0.681. The lowest BCUT2D eigenvalue weighted by atomic mass is 10.2. The number of aliphatic hydroxyl groups excluding tert-OH is 1. The minimum atomic E-state index is -2.65. The number of carbonyl (C=O) groups is 1. The number of rotatable bonds is 6. The molecule has 0 saturated carbocycles. The molecule has 0 spiro atoms. The SMILES string of the molecule is CC1CCC(C(=O)Nc2ccnc(C(F)F)c2)O1.OCCOc1cccc(F)c1F. The molecule has 1 aromatic carbocycles. The number of aromatic nitrogens is 1. The van der Waals surface area contributed by atoms with Crippen LogP contribution in [0.25, 0.3) is 0 Å². The van der Waals surface area contributed by atoms with Gasteiger partial charge in [0, 0.05) is 11.9 Å². The average molecular weight is 430 g/mol. The van der Waals surface area contributed by atoms with Crippen molar-refractivity contribution in [2.75, 3.05) is 18.5 Å². The van der Waals surface area contributed by atoms with Crippen molar-refractivity contribution < 1.29 is 36.9 Å². The van der Waals surface area contributed by atoms with E-state index < -0.39 is 24.2 Å². The van der Waals surface area contributed by atoms with Crippen molar-refractivity contribution in [1.29, 1.82) is 0 Å². The van der Waals surface area contributed by atoms with Gasteiger partial charge in [-0.15, -0.1) is 0 Å².